The Kier molecular flexibility index (Phi) is 6.50. The van der Waals surface area contributed by atoms with Gasteiger partial charge in [-0.3, -0.25) is 0 Å². The molecule has 0 spiro atoms. The Bertz CT molecular complexity index is 561. The molecule has 0 unspecified atom stereocenters. The predicted molar refractivity (Wildman–Crippen MR) is 71.7 cm³/mol. The fourth-order valence-corrected chi connectivity index (χ4v) is 4.36. The number of carbonyl (C=O) groups is 2. The molecule has 0 aliphatic carbocycles. The van der Waals surface area contributed by atoms with Crippen molar-refractivity contribution in [3.05, 3.63) is 32.7 Å². The van der Waals surface area contributed by atoms with Crippen LogP contribution in [0.15, 0.2) is 0 Å². The Morgan fingerprint density at radius 1 is 0.773 bits per heavy atom. The number of hydrogen-bond acceptors (Lipinski definition) is 4. The molecule has 0 saturated heterocycles. The van der Waals surface area contributed by atoms with Crippen LogP contribution in [0, 0.1) is 32.7 Å². The monoisotopic (exact) mass is 440 g/mol. The van der Waals surface area contributed by atoms with E-state index in [0.29, 0.717) is 0 Å². The van der Waals surface area contributed by atoms with E-state index >= 15 is 0 Å². The molecule has 0 aliphatic heterocycles. The Morgan fingerprint density at radius 2 is 1.09 bits per heavy atom. The Hall–Kier alpha value is -1.46. The first-order chi connectivity index (χ1) is 10.2. The fourth-order valence-electron chi connectivity index (χ4n) is 1.07. The summed E-state index contributed by atoms with van der Waals surface area (Å²) in [6.45, 7) is 2.69. The predicted octanol–water partition coefficient (Wildman–Crippen LogP) is 3.79. The summed E-state index contributed by atoms with van der Waals surface area (Å²) in [5.74, 6) is -13.1. The molecule has 0 N–H and O–H groups in total. The van der Waals surface area contributed by atoms with Crippen LogP contribution in [0.1, 0.15) is 26.7 Å². The molecule has 0 heterocycles. The van der Waals surface area contributed by atoms with Gasteiger partial charge in [-0.15, -0.1) is 0 Å². The molecule has 0 amide bonds. The zero-order valence-corrected chi connectivity index (χ0v) is 13.5. The minimum absolute atomic E-state index is 0.229. The van der Waals surface area contributed by atoms with E-state index in [2.05, 4.69) is 6.13 Å². The van der Waals surface area contributed by atoms with Crippen LogP contribution in [-0.2, 0) is 15.7 Å². The van der Waals surface area contributed by atoms with Crippen LogP contribution >= 0.6 is 20.6 Å². The molecular formula is C12H10F5IO4. The molecule has 1 aromatic rings. The Balaban J connectivity index is 3.41. The standard InChI is InChI=1S/C12H10F5IO4/c1-3-5(19)21-18(22-6(20)4-2)12-10(16)8(14)7(13)9(15)11(12)17/h3-4H2,1-2H3. The van der Waals surface area contributed by atoms with Gasteiger partial charge in [-0.1, -0.05) is 0 Å². The topological polar surface area (TPSA) is 52.6 Å². The van der Waals surface area contributed by atoms with E-state index < -0.39 is 65.2 Å². The molecule has 124 valence electrons. The third kappa shape index (κ3) is 3.84. The summed E-state index contributed by atoms with van der Waals surface area (Å²) in [5, 5.41) is 0. The average molecular weight is 440 g/mol. The van der Waals surface area contributed by atoms with Gasteiger partial charge >= 0.3 is 130 Å². The van der Waals surface area contributed by atoms with Gasteiger partial charge in [0.05, 0.1) is 0 Å². The molecule has 0 fully saturated rings. The van der Waals surface area contributed by atoms with Gasteiger partial charge in [0, 0.05) is 0 Å². The summed E-state index contributed by atoms with van der Waals surface area (Å²) in [4.78, 5) is 22.5. The molecule has 0 aromatic heterocycles. The van der Waals surface area contributed by atoms with Gasteiger partial charge in [0.2, 0.25) is 0 Å². The third-order valence-corrected chi connectivity index (χ3v) is 5.81. The van der Waals surface area contributed by atoms with Crippen LogP contribution in [0.2, 0.25) is 0 Å². The summed E-state index contributed by atoms with van der Waals surface area (Å²) in [6, 6.07) is 0. The molecule has 1 aromatic carbocycles. The third-order valence-electron chi connectivity index (χ3n) is 2.20. The number of carbonyl (C=O) groups excluding carboxylic acids is 2. The van der Waals surface area contributed by atoms with Crippen LogP contribution in [0.5, 0.6) is 0 Å². The van der Waals surface area contributed by atoms with Crippen LogP contribution in [0.4, 0.5) is 22.0 Å². The molecule has 0 saturated carbocycles. The summed E-state index contributed by atoms with van der Waals surface area (Å²) < 4.78 is 74.6. The van der Waals surface area contributed by atoms with Crippen molar-refractivity contribution in [1.29, 1.82) is 0 Å². The zero-order valence-electron chi connectivity index (χ0n) is 11.3. The number of rotatable bonds is 5. The molecule has 0 bridgehead atoms. The normalized spacial score (nSPS) is 11.1. The number of benzene rings is 1. The van der Waals surface area contributed by atoms with Gasteiger partial charge in [0.1, 0.15) is 0 Å². The van der Waals surface area contributed by atoms with Crippen molar-refractivity contribution in [2.75, 3.05) is 0 Å². The molecule has 22 heavy (non-hydrogen) atoms. The van der Waals surface area contributed by atoms with Crippen molar-refractivity contribution in [1.82, 2.24) is 0 Å². The SMILES string of the molecule is CCC(=O)OI(OC(=O)CC)c1c(F)c(F)c(F)c(F)c1F. The van der Waals surface area contributed by atoms with Crippen LogP contribution in [0.25, 0.3) is 0 Å². The molecule has 0 radical (unpaired) electrons. The molecule has 10 heteroatoms. The molecule has 4 nitrogen and oxygen atoms in total. The minimum atomic E-state index is -4.20. The first-order valence-electron chi connectivity index (χ1n) is 5.88. The van der Waals surface area contributed by atoms with E-state index in [-0.39, 0.29) is 12.8 Å². The Morgan fingerprint density at radius 3 is 1.41 bits per heavy atom. The van der Waals surface area contributed by atoms with Crippen molar-refractivity contribution < 1.29 is 37.7 Å². The van der Waals surface area contributed by atoms with Crippen molar-refractivity contribution in [3.63, 3.8) is 0 Å². The van der Waals surface area contributed by atoms with Crippen LogP contribution < -0.4 is 0 Å². The van der Waals surface area contributed by atoms with Crippen molar-refractivity contribution in [3.8, 4) is 0 Å². The first kappa shape index (κ1) is 18.6. The van der Waals surface area contributed by atoms with Gasteiger partial charge in [0.15, 0.2) is 0 Å². The quantitative estimate of drug-likeness (QED) is 0.303. The molecule has 0 aliphatic rings. The summed E-state index contributed by atoms with van der Waals surface area (Å²) in [5.41, 5.74) is 0. The van der Waals surface area contributed by atoms with E-state index in [1.54, 1.807) is 0 Å². The maximum atomic E-state index is 13.7. The van der Waals surface area contributed by atoms with Crippen LogP contribution in [0.3, 0.4) is 0 Å². The molecular weight excluding hydrogens is 430 g/mol. The van der Waals surface area contributed by atoms with Crippen molar-refractivity contribution in [2.45, 2.75) is 26.7 Å². The summed E-state index contributed by atoms with van der Waals surface area (Å²) >= 11 is -4.20. The van der Waals surface area contributed by atoms with Crippen molar-refractivity contribution >= 4 is 32.6 Å². The second kappa shape index (κ2) is 7.70. The second-order valence-corrected chi connectivity index (χ2v) is 6.91. The molecule has 0 atom stereocenters. The maximum absolute atomic E-state index is 13.7. The zero-order chi connectivity index (χ0) is 17.0. The molecule has 1 rings (SSSR count). The van der Waals surface area contributed by atoms with E-state index in [1.807, 2.05) is 0 Å². The van der Waals surface area contributed by atoms with E-state index in [4.69, 9.17) is 0 Å². The van der Waals surface area contributed by atoms with Gasteiger partial charge in [-0.25, -0.2) is 0 Å². The summed E-state index contributed by atoms with van der Waals surface area (Å²) in [7, 11) is 0. The van der Waals surface area contributed by atoms with E-state index in [0.717, 1.165) is 0 Å². The fraction of sp³-hybridized carbons (Fsp3) is 0.333. The van der Waals surface area contributed by atoms with Gasteiger partial charge in [-0.2, -0.15) is 0 Å². The average Bonchev–Trinajstić information content (AvgIpc) is 2.50. The first-order valence-corrected chi connectivity index (χ1v) is 8.72. The van der Waals surface area contributed by atoms with Crippen LogP contribution in [-0.4, -0.2) is 11.9 Å². The van der Waals surface area contributed by atoms with Gasteiger partial charge < -0.3 is 0 Å². The summed E-state index contributed by atoms with van der Waals surface area (Å²) in [6.07, 6.45) is -0.458. The Labute approximate surface area is 130 Å². The van der Waals surface area contributed by atoms with Crippen molar-refractivity contribution in [2.24, 2.45) is 0 Å². The van der Waals surface area contributed by atoms with E-state index in [9.17, 15) is 31.5 Å². The second-order valence-electron chi connectivity index (χ2n) is 3.71. The number of hydrogen-bond donors (Lipinski definition) is 0. The van der Waals surface area contributed by atoms with E-state index in [1.165, 1.54) is 13.8 Å². The van der Waals surface area contributed by atoms with Gasteiger partial charge in [-0.05, 0) is 0 Å². The van der Waals surface area contributed by atoms with Gasteiger partial charge in [0.25, 0.3) is 0 Å². The number of halogens is 6.